The molecule has 23 heavy (non-hydrogen) atoms. The van der Waals surface area contributed by atoms with Crippen molar-refractivity contribution >= 4 is 17.7 Å². The molecule has 1 saturated heterocycles. The summed E-state index contributed by atoms with van der Waals surface area (Å²) in [7, 11) is 3.24. The van der Waals surface area contributed by atoms with Crippen molar-refractivity contribution < 1.29 is 14.3 Å². The maximum absolute atomic E-state index is 12.7. The lowest BCUT2D eigenvalue weighted by atomic mass is 9.84. The van der Waals surface area contributed by atoms with E-state index in [2.05, 4.69) is 13.8 Å². The van der Waals surface area contributed by atoms with E-state index in [1.54, 1.807) is 26.0 Å². The van der Waals surface area contributed by atoms with E-state index in [1.807, 2.05) is 30.0 Å². The van der Waals surface area contributed by atoms with Crippen LogP contribution in [-0.4, -0.2) is 43.4 Å². The van der Waals surface area contributed by atoms with Crippen LogP contribution in [0.5, 0.6) is 11.5 Å². The maximum atomic E-state index is 12.7. The Morgan fingerprint density at radius 2 is 1.96 bits per heavy atom. The highest BCUT2D eigenvalue weighted by atomic mass is 32.2. The van der Waals surface area contributed by atoms with Gasteiger partial charge < -0.3 is 14.4 Å². The summed E-state index contributed by atoms with van der Waals surface area (Å²) in [5, 5.41) is -0.109. The number of carbonyl (C=O) groups excluding carboxylic acids is 1. The molecule has 0 aliphatic carbocycles. The smallest absolute Gasteiger partial charge is 0.235 e. The quantitative estimate of drug-likeness (QED) is 0.766. The fourth-order valence-corrected chi connectivity index (χ4v) is 3.99. The third-order valence-electron chi connectivity index (χ3n) is 4.23. The first-order chi connectivity index (χ1) is 10.9. The molecule has 0 bridgehead atoms. The van der Waals surface area contributed by atoms with Crippen LogP contribution in [-0.2, 0) is 4.79 Å². The van der Waals surface area contributed by atoms with Gasteiger partial charge >= 0.3 is 0 Å². The molecule has 1 aliphatic heterocycles. The van der Waals surface area contributed by atoms with Gasteiger partial charge in [0, 0.05) is 18.0 Å². The largest absolute Gasteiger partial charge is 0.493 e. The van der Waals surface area contributed by atoms with E-state index in [4.69, 9.17) is 9.47 Å². The Bertz CT molecular complexity index is 559. The van der Waals surface area contributed by atoms with Gasteiger partial charge in [0.15, 0.2) is 11.5 Å². The summed E-state index contributed by atoms with van der Waals surface area (Å²) < 4.78 is 10.6. The molecule has 5 heteroatoms. The fourth-order valence-electron chi connectivity index (χ4n) is 3.01. The van der Waals surface area contributed by atoms with Crippen molar-refractivity contribution in [1.82, 2.24) is 4.90 Å². The van der Waals surface area contributed by atoms with E-state index in [0.29, 0.717) is 11.5 Å². The maximum Gasteiger partial charge on any atom is 0.235 e. The zero-order valence-electron chi connectivity index (χ0n) is 14.7. The molecule has 128 valence electrons. The van der Waals surface area contributed by atoms with Gasteiger partial charge in [0.2, 0.25) is 5.91 Å². The highest BCUT2D eigenvalue weighted by molar-refractivity contribution is 8.00. The first-order valence-corrected chi connectivity index (χ1v) is 8.92. The van der Waals surface area contributed by atoms with Crippen molar-refractivity contribution in [1.29, 1.82) is 0 Å². The van der Waals surface area contributed by atoms with Gasteiger partial charge in [-0.15, -0.1) is 11.8 Å². The standard InChI is InChI=1S/C18H27NO3S/c1-13(17(20)19-10-6-9-18(2,3)12-19)23-14-7-8-15(21-4)16(11-14)22-5/h7-8,11,13H,6,9-10,12H2,1-5H3. The molecule has 0 aromatic heterocycles. The van der Waals surface area contributed by atoms with E-state index in [9.17, 15) is 4.79 Å². The van der Waals surface area contributed by atoms with Crippen LogP contribution in [0, 0.1) is 5.41 Å². The van der Waals surface area contributed by atoms with Crippen molar-refractivity contribution in [2.45, 2.75) is 43.8 Å². The van der Waals surface area contributed by atoms with Crippen LogP contribution in [0.4, 0.5) is 0 Å². The van der Waals surface area contributed by atoms with Crippen LogP contribution < -0.4 is 9.47 Å². The Labute approximate surface area is 143 Å². The third-order valence-corrected chi connectivity index (χ3v) is 5.31. The van der Waals surface area contributed by atoms with Gasteiger partial charge in [-0.2, -0.15) is 0 Å². The van der Waals surface area contributed by atoms with Crippen LogP contribution in [0.25, 0.3) is 0 Å². The number of nitrogens with zero attached hydrogens (tertiary/aromatic N) is 1. The minimum atomic E-state index is -0.109. The monoisotopic (exact) mass is 337 g/mol. The van der Waals surface area contributed by atoms with Crippen molar-refractivity contribution in [3.05, 3.63) is 18.2 Å². The topological polar surface area (TPSA) is 38.8 Å². The number of methoxy groups -OCH3 is 2. The zero-order valence-corrected chi connectivity index (χ0v) is 15.5. The summed E-state index contributed by atoms with van der Waals surface area (Å²) in [6, 6.07) is 5.77. The summed E-state index contributed by atoms with van der Waals surface area (Å²) in [4.78, 5) is 15.7. The van der Waals surface area contributed by atoms with Crippen molar-refractivity contribution in [2.24, 2.45) is 5.41 Å². The van der Waals surface area contributed by atoms with Gasteiger partial charge in [0.1, 0.15) is 0 Å². The zero-order chi connectivity index (χ0) is 17.0. The Hall–Kier alpha value is -1.36. The molecule has 1 heterocycles. The second-order valence-electron chi connectivity index (χ2n) is 6.80. The van der Waals surface area contributed by atoms with E-state index in [1.165, 1.54) is 6.42 Å². The molecular weight excluding hydrogens is 310 g/mol. The Morgan fingerprint density at radius 3 is 2.57 bits per heavy atom. The van der Waals surface area contributed by atoms with Crippen LogP contribution in [0.2, 0.25) is 0 Å². The summed E-state index contributed by atoms with van der Waals surface area (Å²) in [5.41, 5.74) is 0.224. The van der Waals surface area contributed by atoms with E-state index < -0.39 is 0 Å². The number of benzene rings is 1. The molecule has 1 aromatic carbocycles. The summed E-state index contributed by atoms with van der Waals surface area (Å²) in [5.74, 6) is 1.61. The van der Waals surface area contributed by atoms with Gasteiger partial charge in [-0.25, -0.2) is 0 Å². The molecule has 1 aromatic rings. The number of amides is 1. The molecule has 0 spiro atoms. The molecule has 1 atom stereocenters. The van der Waals surface area contributed by atoms with Crippen LogP contribution in [0.1, 0.15) is 33.6 Å². The molecule has 0 radical (unpaired) electrons. The van der Waals surface area contributed by atoms with E-state index in [0.717, 1.165) is 24.4 Å². The number of rotatable bonds is 5. The van der Waals surface area contributed by atoms with Gasteiger partial charge in [0.25, 0.3) is 0 Å². The van der Waals surface area contributed by atoms with Crippen LogP contribution >= 0.6 is 11.8 Å². The summed E-state index contributed by atoms with van der Waals surface area (Å²) in [6.45, 7) is 8.17. The van der Waals surface area contributed by atoms with Gasteiger partial charge in [0.05, 0.1) is 19.5 Å². The van der Waals surface area contributed by atoms with Crippen molar-refractivity contribution in [2.75, 3.05) is 27.3 Å². The number of ether oxygens (including phenoxy) is 2. The molecule has 1 aliphatic rings. The highest BCUT2D eigenvalue weighted by Gasteiger charge is 2.31. The van der Waals surface area contributed by atoms with Gasteiger partial charge in [-0.05, 0) is 43.4 Å². The number of piperidine rings is 1. The second kappa shape index (κ2) is 7.47. The average Bonchev–Trinajstić information content (AvgIpc) is 2.52. The third kappa shape index (κ3) is 4.56. The number of thioether (sulfide) groups is 1. The fraction of sp³-hybridized carbons (Fsp3) is 0.611. The Balaban J connectivity index is 2.03. The molecular formula is C18H27NO3S. The average molecular weight is 337 g/mol. The first-order valence-electron chi connectivity index (χ1n) is 8.04. The molecule has 1 amide bonds. The SMILES string of the molecule is COc1ccc(SC(C)C(=O)N2CCCC(C)(C)C2)cc1OC. The molecule has 1 unspecified atom stereocenters. The van der Waals surface area contributed by atoms with E-state index in [-0.39, 0.29) is 16.6 Å². The van der Waals surface area contributed by atoms with Crippen LogP contribution in [0.15, 0.2) is 23.1 Å². The highest BCUT2D eigenvalue weighted by Crippen LogP contribution is 2.35. The van der Waals surface area contributed by atoms with Crippen molar-refractivity contribution in [3.8, 4) is 11.5 Å². The van der Waals surface area contributed by atoms with Crippen molar-refractivity contribution in [3.63, 3.8) is 0 Å². The van der Waals surface area contributed by atoms with Gasteiger partial charge in [-0.1, -0.05) is 13.8 Å². The Morgan fingerprint density at radius 1 is 1.26 bits per heavy atom. The van der Waals surface area contributed by atoms with Crippen LogP contribution in [0.3, 0.4) is 0 Å². The lowest BCUT2D eigenvalue weighted by molar-refractivity contribution is -0.133. The minimum Gasteiger partial charge on any atom is -0.493 e. The summed E-state index contributed by atoms with van der Waals surface area (Å²) >= 11 is 1.57. The molecule has 1 fully saturated rings. The lowest BCUT2D eigenvalue weighted by Gasteiger charge is -2.39. The number of hydrogen-bond acceptors (Lipinski definition) is 4. The molecule has 0 saturated carbocycles. The van der Waals surface area contributed by atoms with E-state index >= 15 is 0 Å². The molecule has 2 rings (SSSR count). The first kappa shape index (κ1) is 18.0. The second-order valence-corrected chi connectivity index (χ2v) is 8.22. The number of carbonyl (C=O) groups is 1. The summed E-state index contributed by atoms with van der Waals surface area (Å²) in [6.07, 6.45) is 2.28. The molecule has 4 nitrogen and oxygen atoms in total. The Kier molecular flexibility index (Phi) is 5.84. The normalized spacial score (nSPS) is 18.4. The van der Waals surface area contributed by atoms with Gasteiger partial charge in [-0.3, -0.25) is 4.79 Å². The minimum absolute atomic E-state index is 0.109. The predicted octanol–water partition coefficient (Wildman–Crippen LogP) is 3.83. The number of likely N-dealkylation sites (tertiary alicyclic amines) is 1. The lowest BCUT2D eigenvalue weighted by Crippen LogP contribution is -2.46. The number of hydrogen-bond donors (Lipinski definition) is 0. The molecule has 0 N–H and O–H groups in total. The predicted molar refractivity (Wildman–Crippen MR) is 94.5 cm³/mol.